The zero-order valence-corrected chi connectivity index (χ0v) is 13.3. The molecule has 1 unspecified atom stereocenters. The van der Waals surface area contributed by atoms with E-state index in [1.807, 2.05) is 0 Å². The standard InChI is InChI=1S/C15H20FNO4S/c1-11-9-13(16)4-5-14(11)22(18,19)17-6-2-3-12(10-17)15-20-7-8-21-15/h4-5,9,12,15H,2-3,6-8,10H2,1H3. The number of sulfonamides is 1. The molecule has 2 heterocycles. The smallest absolute Gasteiger partial charge is 0.243 e. The second-order valence-electron chi connectivity index (χ2n) is 5.79. The van der Waals surface area contributed by atoms with Crippen molar-refractivity contribution in [2.45, 2.75) is 31.0 Å². The number of hydrogen-bond acceptors (Lipinski definition) is 4. The lowest BCUT2D eigenvalue weighted by molar-refractivity contribution is -0.0940. The summed E-state index contributed by atoms with van der Waals surface area (Å²) >= 11 is 0. The zero-order valence-electron chi connectivity index (χ0n) is 12.5. The van der Waals surface area contributed by atoms with Gasteiger partial charge in [0.1, 0.15) is 5.82 Å². The fourth-order valence-corrected chi connectivity index (χ4v) is 4.85. The highest BCUT2D eigenvalue weighted by molar-refractivity contribution is 7.89. The van der Waals surface area contributed by atoms with Crippen LogP contribution in [0.4, 0.5) is 4.39 Å². The number of aryl methyl sites for hydroxylation is 1. The number of halogens is 1. The topological polar surface area (TPSA) is 55.8 Å². The third-order valence-electron chi connectivity index (χ3n) is 4.21. The van der Waals surface area contributed by atoms with Gasteiger partial charge in [-0.3, -0.25) is 0 Å². The average molecular weight is 329 g/mol. The summed E-state index contributed by atoms with van der Waals surface area (Å²) in [4.78, 5) is 0.169. The second-order valence-corrected chi connectivity index (χ2v) is 7.69. The lowest BCUT2D eigenvalue weighted by atomic mass is 9.99. The third-order valence-corrected chi connectivity index (χ3v) is 6.23. The molecule has 7 heteroatoms. The highest BCUT2D eigenvalue weighted by Crippen LogP contribution is 2.29. The minimum absolute atomic E-state index is 0.0479. The predicted molar refractivity (Wildman–Crippen MR) is 78.3 cm³/mol. The van der Waals surface area contributed by atoms with E-state index < -0.39 is 15.8 Å². The Bertz CT molecular complexity index is 643. The first-order valence-electron chi connectivity index (χ1n) is 7.48. The first kappa shape index (κ1) is 15.9. The van der Waals surface area contributed by atoms with Crippen LogP contribution in [0.15, 0.2) is 23.1 Å². The number of rotatable bonds is 3. The highest BCUT2D eigenvalue weighted by Gasteiger charge is 2.36. The zero-order chi connectivity index (χ0) is 15.7. The molecule has 2 aliphatic rings. The van der Waals surface area contributed by atoms with E-state index in [2.05, 4.69) is 0 Å². The van der Waals surface area contributed by atoms with E-state index in [1.54, 1.807) is 6.92 Å². The summed E-state index contributed by atoms with van der Waals surface area (Å²) in [6.45, 7) is 3.59. The highest BCUT2D eigenvalue weighted by atomic mass is 32.2. The van der Waals surface area contributed by atoms with E-state index in [-0.39, 0.29) is 17.1 Å². The molecule has 0 radical (unpaired) electrons. The Hall–Kier alpha value is -1.02. The molecule has 0 saturated carbocycles. The summed E-state index contributed by atoms with van der Waals surface area (Å²) in [5.74, 6) is -0.382. The van der Waals surface area contributed by atoms with Crippen LogP contribution in [0, 0.1) is 18.7 Å². The lowest BCUT2D eigenvalue weighted by Gasteiger charge is -2.34. The van der Waals surface area contributed by atoms with Crippen molar-refractivity contribution in [3.63, 3.8) is 0 Å². The maximum atomic E-state index is 13.2. The maximum Gasteiger partial charge on any atom is 0.243 e. The number of ether oxygens (including phenoxy) is 2. The molecule has 1 aromatic rings. The number of hydrogen-bond donors (Lipinski definition) is 0. The van der Waals surface area contributed by atoms with Crippen LogP contribution in [0.25, 0.3) is 0 Å². The van der Waals surface area contributed by atoms with Crippen molar-refractivity contribution in [2.24, 2.45) is 5.92 Å². The van der Waals surface area contributed by atoms with Gasteiger partial charge in [-0.1, -0.05) is 0 Å². The van der Waals surface area contributed by atoms with E-state index in [9.17, 15) is 12.8 Å². The summed E-state index contributed by atoms with van der Waals surface area (Å²) in [5, 5.41) is 0. The van der Waals surface area contributed by atoms with Crippen LogP contribution < -0.4 is 0 Å². The average Bonchev–Trinajstić information content (AvgIpc) is 3.01. The molecule has 0 aromatic heterocycles. The van der Waals surface area contributed by atoms with Crippen molar-refractivity contribution in [3.8, 4) is 0 Å². The minimum atomic E-state index is -3.62. The third kappa shape index (κ3) is 3.03. The molecular weight excluding hydrogens is 309 g/mol. The van der Waals surface area contributed by atoms with E-state index in [1.165, 1.54) is 22.5 Å². The van der Waals surface area contributed by atoms with Gasteiger partial charge in [-0.05, 0) is 43.5 Å². The van der Waals surface area contributed by atoms with Crippen LogP contribution in [0.2, 0.25) is 0 Å². The molecule has 122 valence electrons. The van der Waals surface area contributed by atoms with Crippen LogP contribution in [0.1, 0.15) is 18.4 Å². The van der Waals surface area contributed by atoms with Crippen molar-refractivity contribution < 1.29 is 22.3 Å². The first-order chi connectivity index (χ1) is 10.5. The number of benzene rings is 1. The van der Waals surface area contributed by atoms with Gasteiger partial charge in [0.05, 0.1) is 18.1 Å². The van der Waals surface area contributed by atoms with Crippen LogP contribution in [-0.4, -0.2) is 45.3 Å². The van der Waals surface area contributed by atoms with Crippen LogP contribution in [0.5, 0.6) is 0 Å². The van der Waals surface area contributed by atoms with E-state index in [0.717, 1.165) is 12.8 Å². The predicted octanol–water partition coefficient (Wildman–Crippen LogP) is 1.91. The van der Waals surface area contributed by atoms with Gasteiger partial charge < -0.3 is 9.47 Å². The van der Waals surface area contributed by atoms with E-state index in [4.69, 9.17) is 9.47 Å². The van der Waals surface area contributed by atoms with Gasteiger partial charge in [0.25, 0.3) is 0 Å². The fourth-order valence-electron chi connectivity index (χ4n) is 3.10. The summed E-state index contributed by atoms with van der Waals surface area (Å²) in [5.41, 5.74) is 0.426. The summed E-state index contributed by atoms with van der Waals surface area (Å²) in [7, 11) is -3.62. The van der Waals surface area contributed by atoms with Crippen molar-refractivity contribution in [3.05, 3.63) is 29.6 Å². The maximum absolute atomic E-state index is 13.2. The molecular formula is C15H20FNO4S. The molecule has 0 amide bonds. The summed E-state index contributed by atoms with van der Waals surface area (Å²) < 4.78 is 51.3. The van der Waals surface area contributed by atoms with Gasteiger partial charge in [-0.25, -0.2) is 12.8 Å². The normalized spacial score (nSPS) is 24.7. The molecule has 0 aliphatic carbocycles. The number of piperidine rings is 1. The Labute approximate surface area is 130 Å². The Kier molecular flexibility index (Phi) is 4.49. The molecule has 0 N–H and O–H groups in total. The van der Waals surface area contributed by atoms with Crippen LogP contribution >= 0.6 is 0 Å². The molecule has 2 saturated heterocycles. The van der Waals surface area contributed by atoms with Gasteiger partial charge in [0, 0.05) is 19.0 Å². The Morgan fingerprint density at radius 3 is 2.68 bits per heavy atom. The molecule has 1 aromatic carbocycles. The first-order valence-corrected chi connectivity index (χ1v) is 8.92. The molecule has 0 bridgehead atoms. The molecule has 2 fully saturated rings. The van der Waals surface area contributed by atoms with Crippen molar-refractivity contribution >= 4 is 10.0 Å². The molecule has 3 rings (SSSR count). The Morgan fingerprint density at radius 2 is 2.00 bits per heavy atom. The molecule has 5 nitrogen and oxygen atoms in total. The SMILES string of the molecule is Cc1cc(F)ccc1S(=O)(=O)N1CCCC(C2OCCO2)C1. The quantitative estimate of drug-likeness (QED) is 0.850. The van der Waals surface area contributed by atoms with Gasteiger partial charge in [0.15, 0.2) is 6.29 Å². The van der Waals surface area contributed by atoms with Crippen LogP contribution in [-0.2, 0) is 19.5 Å². The largest absolute Gasteiger partial charge is 0.350 e. The monoisotopic (exact) mass is 329 g/mol. The van der Waals surface area contributed by atoms with Gasteiger partial charge >= 0.3 is 0 Å². The molecule has 22 heavy (non-hydrogen) atoms. The van der Waals surface area contributed by atoms with Crippen LogP contribution in [0.3, 0.4) is 0 Å². The van der Waals surface area contributed by atoms with E-state index in [0.29, 0.717) is 31.9 Å². The van der Waals surface area contributed by atoms with Gasteiger partial charge in [-0.15, -0.1) is 0 Å². The van der Waals surface area contributed by atoms with Crippen molar-refractivity contribution in [1.29, 1.82) is 0 Å². The lowest BCUT2D eigenvalue weighted by Crippen LogP contribution is -2.43. The number of nitrogens with zero attached hydrogens (tertiary/aromatic N) is 1. The Balaban J connectivity index is 1.82. The van der Waals surface area contributed by atoms with Gasteiger partial charge in [0.2, 0.25) is 10.0 Å². The molecule has 1 atom stereocenters. The fraction of sp³-hybridized carbons (Fsp3) is 0.600. The summed E-state index contributed by atoms with van der Waals surface area (Å²) in [6.07, 6.45) is 1.35. The Morgan fingerprint density at radius 1 is 1.27 bits per heavy atom. The van der Waals surface area contributed by atoms with Gasteiger partial charge in [-0.2, -0.15) is 4.31 Å². The van der Waals surface area contributed by atoms with Crippen molar-refractivity contribution in [2.75, 3.05) is 26.3 Å². The molecule has 0 spiro atoms. The van der Waals surface area contributed by atoms with E-state index >= 15 is 0 Å². The second kappa shape index (κ2) is 6.23. The minimum Gasteiger partial charge on any atom is -0.350 e. The van der Waals surface area contributed by atoms with Crippen molar-refractivity contribution in [1.82, 2.24) is 4.31 Å². The summed E-state index contributed by atoms with van der Waals surface area (Å²) in [6, 6.07) is 3.77. The molecule has 2 aliphatic heterocycles.